The minimum absolute atomic E-state index is 1.13. The molecule has 0 atom stereocenters. The van der Waals surface area contributed by atoms with Gasteiger partial charge in [-0.2, -0.15) is 0 Å². The predicted octanol–water partition coefficient (Wildman–Crippen LogP) is 9.90. The second-order valence-corrected chi connectivity index (χ2v) is 9.81. The van der Waals surface area contributed by atoms with Gasteiger partial charge in [0.05, 0.1) is 16.7 Å². The molecule has 0 aliphatic carbocycles. The van der Waals surface area contributed by atoms with Crippen molar-refractivity contribution in [3.05, 3.63) is 146 Å². The third-order valence-corrected chi connectivity index (χ3v) is 7.71. The molecule has 2 heteroatoms. The molecule has 0 N–H and O–H groups in total. The Morgan fingerprint density at radius 1 is 0.395 bits per heavy atom. The van der Waals surface area contributed by atoms with Crippen molar-refractivity contribution >= 4 is 38.9 Å². The van der Waals surface area contributed by atoms with Crippen LogP contribution in [0.25, 0.3) is 49.7 Å². The number of aromatic nitrogens is 1. The van der Waals surface area contributed by atoms with Crippen LogP contribution in [0.1, 0.15) is 0 Å². The zero-order chi connectivity index (χ0) is 25.1. The SMILES string of the molecule is c1ccc(N(c2ccccc2)c2ccc3c(c2)-c2ccccc2-c2cccc4c5ccccc5n-3c24)cc1. The maximum atomic E-state index is 2.47. The number of rotatable bonds is 3. The van der Waals surface area contributed by atoms with Crippen molar-refractivity contribution in [3.63, 3.8) is 0 Å². The quantitative estimate of drug-likeness (QED) is 0.242. The van der Waals surface area contributed by atoms with Crippen LogP contribution in [0, 0.1) is 0 Å². The number of anilines is 3. The van der Waals surface area contributed by atoms with E-state index in [1.165, 1.54) is 49.7 Å². The highest BCUT2D eigenvalue weighted by Gasteiger charge is 2.25. The van der Waals surface area contributed by atoms with Gasteiger partial charge in [0, 0.05) is 39.0 Å². The molecule has 0 amide bonds. The number of hydrogen-bond acceptors (Lipinski definition) is 1. The van der Waals surface area contributed by atoms with Crippen molar-refractivity contribution in [1.82, 2.24) is 4.57 Å². The molecule has 1 aliphatic heterocycles. The number of benzene rings is 6. The van der Waals surface area contributed by atoms with E-state index in [-0.39, 0.29) is 0 Å². The standard InChI is InChI=1S/C36H24N2/c1-3-12-25(13-4-1)37(26-14-5-2-6-15-26)27-22-23-35-33(24-27)29-17-8-7-16-28(29)31-19-11-20-32-30-18-9-10-21-34(30)38(35)36(31)32/h1-24H. The molecule has 2 nitrogen and oxygen atoms in total. The number of hydrogen-bond donors (Lipinski definition) is 0. The van der Waals surface area contributed by atoms with E-state index in [1.807, 2.05) is 0 Å². The summed E-state index contributed by atoms with van der Waals surface area (Å²) in [4.78, 5) is 2.34. The van der Waals surface area contributed by atoms with Gasteiger partial charge in [-0.05, 0) is 59.7 Å². The molecule has 0 radical (unpaired) electrons. The Bertz CT molecular complexity index is 1930. The summed E-state index contributed by atoms with van der Waals surface area (Å²) in [5, 5.41) is 2.58. The highest BCUT2D eigenvalue weighted by atomic mass is 15.1. The molecule has 7 aromatic rings. The van der Waals surface area contributed by atoms with Gasteiger partial charge in [-0.25, -0.2) is 0 Å². The van der Waals surface area contributed by atoms with Crippen LogP contribution in [0.3, 0.4) is 0 Å². The van der Waals surface area contributed by atoms with Gasteiger partial charge >= 0.3 is 0 Å². The molecule has 2 heterocycles. The smallest absolute Gasteiger partial charge is 0.0619 e. The van der Waals surface area contributed by atoms with Crippen LogP contribution in [0.5, 0.6) is 0 Å². The minimum atomic E-state index is 1.13. The Morgan fingerprint density at radius 2 is 0.974 bits per heavy atom. The molecule has 178 valence electrons. The maximum Gasteiger partial charge on any atom is 0.0619 e. The molecule has 1 aliphatic rings. The number of para-hydroxylation sites is 4. The topological polar surface area (TPSA) is 8.17 Å². The minimum Gasteiger partial charge on any atom is -0.310 e. The molecule has 0 unspecified atom stereocenters. The average molecular weight is 485 g/mol. The van der Waals surface area contributed by atoms with E-state index in [2.05, 4.69) is 155 Å². The van der Waals surface area contributed by atoms with Crippen molar-refractivity contribution in [2.24, 2.45) is 0 Å². The van der Waals surface area contributed by atoms with E-state index in [0.29, 0.717) is 0 Å². The second-order valence-electron chi connectivity index (χ2n) is 9.81. The third-order valence-electron chi connectivity index (χ3n) is 7.71. The van der Waals surface area contributed by atoms with Crippen LogP contribution in [0.4, 0.5) is 17.1 Å². The predicted molar refractivity (Wildman–Crippen MR) is 160 cm³/mol. The molecule has 0 spiro atoms. The molecule has 6 aromatic carbocycles. The van der Waals surface area contributed by atoms with Crippen LogP contribution in [-0.2, 0) is 0 Å². The summed E-state index contributed by atoms with van der Waals surface area (Å²) in [5.41, 5.74) is 12.2. The van der Waals surface area contributed by atoms with Gasteiger partial charge in [0.2, 0.25) is 0 Å². The first kappa shape index (κ1) is 21.0. The van der Waals surface area contributed by atoms with Crippen molar-refractivity contribution < 1.29 is 0 Å². The third kappa shape index (κ3) is 3.01. The molecular weight excluding hydrogens is 460 g/mol. The van der Waals surface area contributed by atoms with Gasteiger partial charge in [0.15, 0.2) is 0 Å². The fourth-order valence-electron chi connectivity index (χ4n) is 6.11. The Kier molecular flexibility index (Phi) is 4.55. The van der Waals surface area contributed by atoms with Crippen LogP contribution >= 0.6 is 0 Å². The Balaban J connectivity index is 1.47. The van der Waals surface area contributed by atoms with Gasteiger partial charge in [-0.15, -0.1) is 0 Å². The summed E-state index contributed by atoms with van der Waals surface area (Å²) in [6.45, 7) is 0. The van der Waals surface area contributed by atoms with Crippen molar-refractivity contribution in [1.29, 1.82) is 0 Å². The fourth-order valence-corrected chi connectivity index (χ4v) is 6.11. The Hall–Kier alpha value is -5.08. The van der Waals surface area contributed by atoms with E-state index in [4.69, 9.17) is 0 Å². The number of fused-ring (bicyclic) bond motifs is 8. The van der Waals surface area contributed by atoms with Crippen molar-refractivity contribution in [2.75, 3.05) is 4.90 Å². The molecule has 0 fully saturated rings. The lowest BCUT2D eigenvalue weighted by Crippen LogP contribution is -2.10. The van der Waals surface area contributed by atoms with Gasteiger partial charge in [-0.3, -0.25) is 0 Å². The average Bonchev–Trinajstić information content (AvgIpc) is 3.26. The summed E-state index contributed by atoms with van der Waals surface area (Å²) < 4.78 is 2.47. The molecule has 38 heavy (non-hydrogen) atoms. The van der Waals surface area contributed by atoms with Crippen molar-refractivity contribution in [2.45, 2.75) is 0 Å². The van der Waals surface area contributed by atoms with E-state index in [0.717, 1.165) is 17.1 Å². The Morgan fingerprint density at radius 3 is 1.71 bits per heavy atom. The summed E-state index contributed by atoms with van der Waals surface area (Å²) >= 11 is 0. The van der Waals surface area contributed by atoms with E-state index in [1.54, 1.807) is 0 Å². The largest absolute Gasteiger partial charge is 0.310 e. The molecule has 0 bridgehead atoms. The van der Waals surface area contributed by atoms with Gasteiger partial charge in [-0.1, -0.05) is 97.1 Å². The highest BCUT2D eigenvalue weighted by Crippen LogP contribution is 2.48. The van der Waals surface area contributed by atoms with Gasteiger partial charge in [0.25, 0.3) is 0 Å². The first-order valence-electron chi connectivity index (χ1n) is 13.0. The lowest BCUT2D eigenvalue weighted by Gasteiger charge is -2.26. The van der Waals surface area contributed by atoms with Crippen LogP contribution < -0.4 is 4.90 Å². The normalized spacial score (nSPS) is 11.7. The van der Waals surface area contributed by atoms with Crippen LogP contribution in [0.15, 0.2) is 146 Å². The zero-order valence-electron chi connectivity index (χ0n) is 20.8. The van der Waals surface area contributed by atoms with Crippen LogP contribution in [0.2, 0.25) is 0 Å². The molecule has 8 rings (SSSR count). The fraction of sp³-hybridized carbons (Fsp3) is 0. The molecule has 0 saturated carbocycles. The summed E-state index contributed by atoms with van der Waals surface area (Å²) in [6.07, 6.45) is 0. The number of nitrogens with zero attached hydrogens (tertiary/aromatic N) is 2. The summed E-state index contributed by atoms with van der Waals surface area (Å²) in [6, 6.07) is 52.5. The first-order chi connectivity index (χ1) is 18.9. The summed E-state index contributed by atoms with van der Waals surface area (Å²) in [7, 11) is 0. The van der Waals surface area contributed by atoms with Crippen LogP contribution in [-0.4, -0.2) is 4.57 Å². The lowest BCUT2D eigenvalue weighted by molar-refractivity contribution is 1.18. The second kappa shape index (κ2) is 8.22. The molecule has 0 saturated heterocycles. The summed E-state index contributed by atoms with van der Waals surface area (Å²) in [5.74, 6) is 0. The van der Waals surface area contributed by atoms with E-state index < -0.39 is 0 Å². The molecule has 1 aromatic heterocycles. The first-order valence-corrected chi connectivity index (χ1v) is 13.0. The van der Waals surface area contributed by atoms with Crippen molar-refractivity contribution in [3.8, 4) is 27.9 Å². The monoisotopic (exact) mass is 484 g/mol. The maximum absolute atomic E-state index is 2.47. The van der Waals surface area contributed by atoms with E-state index in [9.17, 15) is 0 Å². The lowest BCUT2D eigenvalue weighted by atomic mass is 9.93. The van der Waals surface area contributed by atoms with Gasteiger partial charge in [0.1, 0.15) is 0 Å². The zero-order valence-corrected chi connectivity index (χ0v) is 20.8. The van der Waals surface area contributed by atoms with Gasteiger partial charge < -0.3 is 9.47 Å². The Labute approximate surface area is 221 Å². The molecular formula is C36H24N2. The highest BCUT2D eigenvalue weighted by molar-refractivity contribution is 6.16. The van der Waals surface area contributed by atoms with E-state index >= 15 is 0 Å².